The van der Waals surface area contributed by atoms with Crippen LogP contribution in [0.1, 0.15) is 35.3 Å². The van der Waals surface area contributed by atoms with E-state index in [1.807, 2.05) is 20.0 Å². The zero-order chi connectivity index (χ0) is 21.0. The first-order chi connectivity index (χ1) is 13.8. The average molecular weight is 414 g/mol. The standard InChI is InChI=1S/C22H27N3O3S/c1-15(2)13-25-29(27,28)19-7-5-17(6-8-19)22(26)23-11-10-18-14-24-21-12-16(3)4-9-20(18)21/h4-9,12,14-15,24-25H,10-11,13H2,1-3H3,(H,23,26). The lowest BCUT2D eigenvalue weighted by Crippen LogP contribution is -2.28. The normalized spacial score (nSPS) is 11.9. The molecule has 0 atom stereocenters. The summed E-state index contributed by atoms with van der Waals surface area (Å²) in [5.74, 6) is -0.00392. The molecule has 3 N–H and O–H groups in total. The van der Waals surface area contributed by atoms with Crippen molar-refractivity contribution in [3.63, 3.8) is 0 Å². The molecule has 0 unspecified atom stereocenters. The molecule has 0 saturated heterocycles. The quantitative estimate of drug-likeness (QED) is 0.529. The number of sulfonamides is 1. The molecule has 0 spiro atoms. The van der Waals surface area contributed by atoms with Crippen LogP contribution >= 0.6 is 0 Å². The van der Waals surface area contributed by atoms with Crippen LogP contribution in [-0.2, 0) is 16.4 Å². The van der Waals surface area contributed by atoms with Crippen molar-refractivity contribution in [2.24, 2.45) is 5.92 Å². The van der Waals surface area contributed by atoms with Gasteiger partial charge < -0.3 is 10.3 Å². The lowest BCUT2D eigenvalue weighted by molar-refractivity contribution is 0.0954. The zero-order valence-electron chi connectivity index (χ0n) is 17.0. The Morgan fingerprint density at radius 1 is 1.10 bits per heavy atom. The van der Waals surface area contributed by atoms with Gasteiger partial charge in [-0.1, -0.05) is 26.0 Å². The van der Waals surface area contributed by atoms with E-state index in [1.165, 1.54) is 29.8 Å². The molecule has 0 radical (unpaired) electrons. The van der Waals surface area contributed by atoms with Gasteiger partial charge in [0.2, 0.25) is 10.0 Å². The molecule has 7 heteroatoms. The highest BCUT2D eigenvalue weighted by atomic mass is 32.2. The van der Waals surface area contributed by atoms with Crippen LogP contribution in [-0.4, -0.2) is 32.4 Å². The van der Waals surface area contributed by atoms with Gasteiger partial charge in [-0.05, 0) is 60.7 Å². The number of benzene rings is 2. The van der Waals surface area contributed by atoms with Gasteiger partial charge in [0.15, 0.2) is 0 Å². The lowest BCUT2D eigenvalue weighted by Gasteiger charge is -2.09. The van der Waals surface area contributed by atoms with Gasteiger partial charge in [0, 0.05) is 35.8 Å². The number of H-pyrrole nitrogens is 1. The van der Waals surface area contributed by atoms with Gasteiger partial charge in [-0.15, -0.1) is 0 Å². The highest BCUT2D eigenvalue weighted by Crippen LogP contribution is 2.19. The predicted molar refractivity (Wildman–Crippen MR) is 116 cm³/mol. The minimum atomic E-state index is -3.55. The van der Waals surface area contributed by atoms with Crippen molar-refractivity contribution in [2.75, 3.05) is 13.1 Å². The minimum absolute atomic E-state index is 0.156. The largest absolute Gasteiger partial charge is 0.361 e. The Balaban J connectivity index is 1.58. The SMILES string of the molecule is Cc1ccc2c(CCNC(=O)c3ccc(S(=O)(=O)NCC(C)C)cc3)c[nH]c2c1. The van der Waals surface area contributed by atoms with Crippen LogP contribution in [0.2, 0.25) is 0 Å². The molecule has 2 aromatic carbocycles. The van der Waals surface area contributed by atoms with Gasteiger partial charge in [-0.3, -0.25) is 4.79 Å². The summed E-state index contributed by atoms with van der Waals surface area (Å²) < 4.78 is 27.0. The van der Waals surface area contributed by atoms with E-state index in [9.17, 15) is 13.2 Å². The third-order valence-electron chi connectivity index (χ3n) is 4.71. The average Bonchev–Trinajstić information content (AvgIpc) is 3.08. The Hall–Kier alpha value is -2.64. The molecular formula is C22H27N3O3S. The van der Waals surface area contributed by atoms with Crippen LogP contribution in [0, 0.1) is 12.8 Å². The van der Waals surface area contributed by atoms with E-state index in [0.717, 1.165) is 16.5 Å². The second-order valence-corrected chi connectivity index (χ2v) is 9.41. The van der Waals surface area contributed by atoms with E-state index >= 15 is 0 Å². The van der Waals surface area contributed by atoms with Crippen LogP contribution in [0.25, 0.3) is 10.9 Å². The Labute approximate surface area is 171 Å². The van der Waals surface area contributed by atoms with Gasteiger partial charge in [0.25, 0.3) is 5.91 Å². The maximum atomic E-state index is 12.4. The fourth-order valence-corrected chi connectivity index (χ4v) is 4.28. The maximum Gasteiger partial charge on any atom is 0.251 e. The van der Waals surface area contributed by atoms with Crippen molar-refractivity contribution in [3.8, 4) is 0 Å². The van der Waals surface area contributed by atoms with E-state index in [0.29, 0.717) is 25.1 Å². The monoisotopic (exact) mass is 413 g/mol. The van der Waals surface area contributed by atoms with E-state index < -0.39 is 10.0 Å². The number of fused-ring (bicyclic) bond motifs is 1. The molecule has 0 aliphatic heterocycles. The summed E-state index contributed by atoms with van der Waals surface area (Å²) in [4.78, 5) is 15.8. The summed E-state index contributed by atoms with van der Waals surface area (Å²) in [5, 5.41) is 4.05. The summed E-state index contributed by atoms with van der Waals surface area (Å²) >= 11 is 0. The highest BCUT2D eigenvalue weighted by Gasteiger charge is 2.15. The minimum Gasteiger partial charge on any atom is -0.361 e. The topological polar surface area (TPSA) is 91.1 Å². The number of amides is 1. The van der Waals surface area contributed by atoms with Crippen molar-refractivity contribution in [2.45, 2.75) is 32.1 Å². The fourth-order valence-electron chi connectivity index (χ4n) is 3.06. The molecule has 3 rings (SSSR count). The first-order valence-corrected chi connectivity index (χ1v) is 11.2. The van der Waals surface area contributed by atoms with Gasteiger partial charge >= 0.3 is 0 Å². The molecule has 0 bridgehead atoms. The van der Waals surface area contributed by atoms with Crippen molar-refractivity contribution < 1.29 is 13.2 Å². The first-order valence-electron chi connectivity index (χ1n) is 9.71. The molecule has 154 valence electrons. The van der Waals surface area contributed by atoms with Gasteiger partial charge in [0.1, 0.15) is 0 Å². The number of carbonyl (C=O) groups is 1. The molecule has 0 aliphatic carbocycles. The molecule has 6 nitrogen and oxygen atoms in total. The maximum absolute atomic E-state index is 12.4. The smallest absolute Gasteiger partial charge is 0.251 e. The third-order valence-corrected chi connectivity index (χ3v) is 6.15. The number of rotatable bonds is 8. The number of carbonyl (C=O) groups excluding carboxylic acids is 1. The molecule has 29 heavy (non-hydrogen) atoms. The van der Waals surface area contributed by atoms with E-state index in [4.69, 9.17) is 0 Å². The van der Waals surface area contributed by atoms with Crippen molar-refractivity contribution >= 4 is 26.8 Å². The summed E-state index contributed by atoms with van der Waals surface area (Å²) in [6.07, 6.45) is 2.68. The molecule has 0 fully saturated rings. The van der Waals surface area contributed by atoms with Crippen molar-refractivity contribution in [3.05, 3.63) is 65.4 Å². The van der Waals surface area contributed by atoms with Gasteiger partial charge in [-0.2, -0.15) is 0 Å². The van der Waals surface area contributed by atoms with Gasteiger partial charge in [0.05, 0.1) is 4.90 Å². The first kappa shape index (κ1) is 21.1. The Kier molecular flexibility index (Phi) is 6.39. The van der Waals surface area contributed by atoms with E-state index in [-0.39, 0.29) is 16.7 Å². The van der Waals surface area contributed by atoms with Crippen LogP contribution < -0.4 is 10.0 Å². The van der Waals surface area contributed by atoms with Gasteiger partial charge in [-0.25, -0.2) is 13.1 Å². The van der Waals surface area contributed by atoms with Crippen LogP contribution in [0.5, 0.6) is 0 Å². The molecule has 0 aliphatic rings. The molecule has 0 saturated carbocycles. The molecular weight excluding hydrogens is 386 g/mol. The number of aromatic amines is 1. The molecule has 1 heterocycles. The molecule has 1 amide bonds. The highest BCUT2D eigenvalue weighted by molar-refractivity contribution is 7.89. The number of hydrogen-bond donors (Lipinski definition) is 3. The second-order valence-electron chi connectivity index (χ2n) is 7.64. The van der Waals surface area contributed by atoms with Crippen molar-refractivity contribution in [1.82, 2.24) is 15.0 Å². The Morgan fingerprint density at radius 3 is 2.52 bits per heavy atom. The molecule has 1 aromatic heterocycles. The second kappa shape index (κ2) is 8.80. The number of nitrogens with one attached hydrogen (secondary N) is 3. The summed E-state index contributed by atoms with van der Waals surface area (Å²) in [5.41, 5.74) is 3.87. The zero-order valence-corrected chi connectivity index (χ0v) is 17.8. The fraction of sp³-hybridized carbons (Fsp3) is 0.318. The van der Waals surface area contributed by atoms with Crippen molar-refractivity contribution in [1.29, 1.82) is 0 Å². The number of aryl methyl sites for hydroxylation is 1. The summed E-state index contributed by atoms with van der Waals surface area (Å²) in [6.45, 7) is 6.80. The Morgan fingerprint density at radius 2 is 1.83 bits per heavy atom. The number of aromatic nitrogens is 1. The van der Waals surface area contributed by atoms with Crippen LogP contribution in [0.15, 0.2) is 53.6 Å². The summed E-state index contributed by atoms with van der Waals surface area (Å²) in [7, 11) is -3.55. The van der Waals surface area contributed by atoms with Crippen LogP contribution in [0.3, 0.4) is 0 Å². The molecule has 3 aromatic rings. The lowest BCUT2D eigenvalue weighted by atomic mass is 10.1. The Bertz CT molecular complexity index is 1100. The third kappa shape index (κ3) is 5.25. The van der Waals surface area contributed by atoms with E-state index in [2.05, 4.69) is 40.1 Å². The number of hydrogen-bond acceptors (Lipinski definition) is 3. The predicted octanol–water partition coefficient (Wildman–Crippen LogP) is 3.38. The van der Waals surface area contributed by atoms with E-state index in [1.54, 1.807) is 0 Å². The summed E-state index contributed by atoms with van der Waals surface area (Å²) in [6, 6.07) is 12.2. The van der Waals surface area contributed by atoms with Crippen LogP contribution in [0.4, 0.5) is 0 Å².